The van der Waals surface area contributed by atoms with Crippen LogP contribution in [-0.4, -0.2) is 11.0 Å². The highest BCUT2D eigenvalue weighted by Gasteiger charge is 2.19. The molecule has 0 saturated carbocycles. The summed E-state index contributed by atoms with van der Waals surface area (Å²) in [4.78, 5) is 5.06. The highest BCUT2D eigenvalue weighted by molar-refractivity contribution is 5.87. The number of fused-ring (bicyclic) bond motifs is 2. The van der Waals surface area contributed by atoms with Crippen LogP contribution in [0.15, 0.2) is 12.1 Å². The first-order chi connectivity index (χ1) is 10.6. The first kappa shape index (κ1) is 15.5. The molecule has 2 aromatic rings. The molecular weight excluding hydrogens is 268 g/mol. The normalized spacial score (nSPS) is 15.8. The van der Waals surface area contributed by atoms with Gasteiger partial charge in [-0.15, -0.1) is 0 Å². The fourth-order valence-electron chi connectivity index (χ4n) is 3.45. The highest BCUT2D eigenvalue weighted by Crippen LogP contribution is 2.31. The van der Waals surface area contributed by atoms with E-state index in [1.807, 2.05) is 0 Å². The van der Waals surface area contributed by atoms with Crippen LogP contribution in [-0.2, 0) is 19.4 Å². The van der Waals surface area contributed by atoms with Crippen molar-refractivity contribution in [3.63, 3.8) is 0 Å². The summed E-state index contributed by atoms with van der Waals surface area (Å²) in [6.07, 6.45) is 6.11. The second-order valence-electron chi connectivity index (χ2n) is 6.82. The molecule has 1 unspecified atom stereocenters. The van der Waals surface area contributed by atoms with E-state index in [4.69, 9.17) is 4.98 Å². The van der Waals surface area contributed by atoms with Gasteiger partial charge in [-0.25, -0.2) is 0 Å². The molecule has 1 aliphatic rings. The quantitative estimate of drug-likeness (QED) is 0.890. The minimum absolute atomic E-state index is 0.564. The van der Waals surface area contributed by atoms with E-state index < -0.39 is 0 Å². The molecule has 0 spiro atoms. The van der Waals surface area contributed by atoms with Crippen LogP contribution in [0.3, 0.4) is 0 Å². The van der Waals surface area contributed by atoms with Crippen molar-refractivity contribution in [1.82, 2.24) is 10.3 Å². The molecule has 0 radical (unpaired) electrons. The van der Waals surface area contributed by atoms with Crippen molar-refractivity contribution in [2.24, 2.45) is 0 Å². The summed E-state index contributed by atoms with van der Waals surface area (Å²) in [5, 5.41) is 5.06. The minimum Gasteiger partial charge on any atom is -0.310 e. The lowest BCUT2D eigenvalue weighted by molar-refractivity contribution is 0.531. The van der Waals surface area contributed by atoms with Crippen LogP contribution in [0.5, 0.6) is 0 Å². The maximum absolute atomic E-state index is 5.06. The summed E-state index contributed by atoms with van der Waals surface area (Å²) < 4.78 is 0. The van der Waals surface area contributed by atoms with E-state index in [0.29, 0.717) is 6.04 Å². The molecule has 1 atom stereocenters. The van der Waals surface area contributed by atoms with Gasteiger partial charge in [0.25, 0.3) is 0 Å². The summed E-state index contributed by atoms with van der Waals surface area (Å²) in [5.74, 6) is 0. The van der Waals surface area contributed by atoms with Gasteiger partial charge in [-0.2, -0.15) is 0 Å². The Kier molecular flexibility index (Phi) is 4.49. The van der Waals surface area contributed by atoms with E-state index in [-0.39, 0.29) is 0 Å². The molecule has 0 amide bonds. The Bertz CT molecular complexity index is 688. The Labute approximate surface area is 134 Å². The lowest BCUT2D eigenvalue weighted by atomic mass is 9.88. The summed E-state index contributed by atoms with van der Waals surface area (Å²) >= 11 is 0. The molecule has 1 aromatic carbocycles. The minimum atomic E-state index is 0.564. The van der Waals surface area contributed by atoms with E-state index in [9.17, 15) is 0 Å². The number of rotatable bonds is 4. The molecule has 0 saturated heterocycles. The molecule has 3 rings (SSSR count). The van der Waals surface area contributed by atoms with E-state index in [1.165, 1.54) is 64.5 Å². The fraction of sp³-hybridized carbons (Fsp3) is 0.550. The number of aryl methyl sites for hydroxylation is 3. The zero-order chi connectivity index (χ0) is 15.7. The Morgan fingerprint density at radius 3 is 2.73 bits per heavy atom. The van der Waals surface area contributed by atoms with E-state index in [1.54, 1.807) is 0 Å². The van der Waals surface area contributed by atoms with E-state index in [2.05, 4.69) is 45.1 Å². The maximum Gasteiger partial charge on any atom is 0.0740 e. The van der Waals surface area contributed by atoms with Gasteiger partial charge in [0.15, 0.2) is 0 Å². The predicted octanol–water partition coefficient (Wildman–Crippen LogP) is 4.62. The molecule has 1 N–H and O–H groups in total. The smallest absolute Gasteiger partial charge is 0.0740 e. The number of nitrogens with one attached hydrogen (secondary N) is 1. The lowest BCUT2D eigenvalue weighted by Crippen LogP contribution is -2.26. The topological polar surface area (TPSA) is 24.9 Å². The van der Waals surface area contributed by atoms with Gasteiger partial charge in [0, 0.05) is 23.7 Å². The standard InChI is InChI=1S/C20H28N2/c1-5-14(3)21-12-18-16-8-6-7-9-19(16)22-20-15(4)13(2)10-11-17(18)20/h10-11,14,21H,5-9,12H2,1-4H3. The van der Waals surface area contributed by atoms with Crippen LogP contribution in [0, 0.1) is 13.8 Å². The number of nitrogens with zero attached hydrogens (tertiary/aromatic N) is 1. The molecule has 1 heterocycles. The van der Waals surface area contributed by atoms with Crippen molar-refractivity contribution in [3.05, 3.63) is 40.1 Å². The number of benzene rings is 1. The average Bonchev–Trinajstić information content (AvgIpc) is 2.55. The molecule has 2 nitrogen and oxygen atoms in total. The van der Waals surface area contributed by atoms with Crippen molar-refractivity contribution in [2.45, 2.75) is 72.4 Å². The van der Waals surface area contributed by atoms with Gasteiger partial charge >= 0.3 is 0 Å². The molecular formula is C20H28N2. The van der Waals surface area contributed by atoms with E-state index >= 15 is 0 Å². The zero-order valence-corrected chi connectivity index (χ0v) is 14.4. The van der Waals surface area contributed by atoms with Crippen molar-refractivity contribution >= 4 is 10.9 Å². The van der Waals surface area contributed by atoms with Crippen LogP contribution in [0.1, 0.15) is 61.1 Å². The second-order valence-corrected chi connectivity index (χ2v) is 6.82. The highest BCUT2D eigenvalue weighted by atomic mass is 14.9. The first-order valence-electron chi connectivity index (χ1n) is 8.75. The number of aromatic nitrogens is 1. The second kappa shape index (κ2) is 6.37. The van der Waals surface area contributed by atoms with Gasteiger partial charge in [-0.1, -0.05) is 19.1 Å². The van der Waals surface area contributed by atoms with Crippen LogP contribution >= 0.6 is 0 Å². The van der Waals surface area contributed by atoms with Gasteiger partial charge in [-0.3, -0.25) is 4.98 Å². The van der Waals surface area contributed by atoms with Gasteiger partial charge < -0.3 is 5.32 Å². The van der Waals surface area contributed by atoms with Crippen LogP contribution in [0.4, 0.5) is 0 Å². The Morgan fingerprint density at radius 2 is 1.95 bits per heavy atom. The summed E-state index contributed by atoms with van der Waals surface area (Å²) in [7, 11) is 0. The Balaban J connectivity index is 2.15. The largest absolute Gasteiger partial charge is 0.310 e. The van der Waals surface area contributed by atoms with Gasteiger partial charge in [0.2, 0.25) is 0 Å². The molecule has 0 bridgehead atoms. The number of hydrogen-bond acceptors (Lipinski definition) is 2. The van der Waals surface area contributed by atoms with Crippen molar-refractivity contribution < 1.29 is 0 Å². The van der Waals surface area contributed by atoms with Gasteiger partial charge in [0.1, 0.15) is 0 Å². The third-order valence-corrected chi connectivity index (χ3v) is 5.32. The monoisotopic (exact) mass is 296 g/mol. The number of hydrogen-bond donors (Lipinski definition) is 1. The molecule has 1 aromatic heterocycles. The molecule has 0 fully saturated rings. The Hall–Kier alpha value is -1.41. The predicted molar refractivity (Wildman–Crippen MR) is 94.5 cm³/mol. The van der Waals surface area contributed by atoms with Crippen molar-refractivity contribution in [1.29, 1.82) is 0 Å². The Morgan fingerprint density at radius 1 is 1.18 bits per heavy atom. The van der Waals surface area contributed by atoms with Gasteiger partial charge in [0.05, 0.1) is 5.52 Å². The molecule has 118 valence electrons. The van der Waals surface area contributed by atoms with E-state index in [0.717, 1.165) is 13.0 Å². The van der Waals surface area contributed by atoms with Crippen molar-refractivity contribution in [2.75, 3.05) is 0 Å². The number of pyridine rings is 1. The van der Waals surface area contributed by atoms with Crippen LogP contribution in [0.2, 0.25) is 0 Å². The van der Waals surface area contributed by atoms with Crippen molar-refractivity contribution in [3.8, 4) is 0 Å². The zero-order valence-electron chi connectivity index (χ0n) is 14.4. The SMILES string of the molecule is CCC(C)NCc1c2c(nc3c(C)c(C)ccc13)CCCC2. The first-order valence-corrected chi connectivity index (χ1v) is 8.75. The summed E-state index contributed by atoms with van der Waals surface area (Å²) in [5.41, 5.74) is 8.29. The lowest BCUT2D eigenvalue weighted by Gasteiger charge is -2.23. The molecule has 22 heavy (non-hydrogen) atoms. The third-order valence-electron chi connectivity index (χ3n) is 5.32. The molecule has 1 aliphatic carbocycles. The van der Waals surface area contributed by atoms with Crippen LogP contribution < -0.4 is 5.32 Å². The summed E-state index contributed by atoms with van der Waals surface area (Å²) in [6.45, 7) is 9.88. The van der Waals surface area contributed by atoms with Gasteiger partial charge in [-0.05, 0) is 75.1 Å². The summed E-state index contributed by atoms with van der Waals surface area (Å²) in [6, 6.07) is 5.10. The maximum atomic E-state index is 5.06. The van der Waals surface area contributed by atoms with Crippen LogP contribution in [0.25, 0.3) is 10.9 Å². The molecule has 2 heteroatoms. The average molecular weight is 296 g/mol. The third kappa shape index (κ3) is 2.77. The molecule has 0 aliphatic heterocycles. The fourth-order valence-corrected chi connectivity index (χ4v) is 3.45.